The number of fused-ring (bicyclic) bond motifs is 1. The van der Waals surface area contributed by atoms with Crippen molar-refractivity contribution in [1.82, 2.24) is 5.32 Å². The third-order valence-electron chi connectivity index (χ3n) is 3.54. The number of hydrogen-bond donors (Lipinski definition) is 1. The van der Waals surface area contributed by atoms with Crippen molar-refractivity contribution in [2.24, 2.45) is 0 Å². The summed E-state index contributed by atoms with van der Waals surface area (Å²) in [6, 6.07) is 6.10. The monoisotopic (exact) mass is 217 g/mol. The zero-order valence-electron chi connectivity index (χ0n) is 9.38. The molecule has 1 saturated carbocycles. The number of amides is 1. The van der Waals surface area contributed by atoms with Gasteiger partial charge < -0.3 is 10.1 Å². The zero-order chi connectivity index (χ0) is 11.2. The first-order valence-corrected chi connectivity index (χ1v) is 5.76. The second-order valence-corrected chi connectivity index (χ2v) is 4.74. The SMILES string of the molecule is Cc1ccc2c(c1)OC1(CCC1)C(=O)NC2. The van der Waals surface area contributed by atoms with Gasteiger partial charge in [0, 0.05) is 12.1 Å². The minimum atomic E-state index is -0.570. The molecule has 3 nitrogen and oxygen atoms in total. The van der Waals surface area contributed by atoms with Crippen molar-refractivity contribution in [3.63, 3.8) is 0 Å². The standard InChI is InChI=1S/C13H15NO2/c1-9-3-4-10-8-14-12(15)13(5-2-6-13)16-11(10)7-9/h3-4,7H,2,5-6,8H2,1H3,(H,14,15). The summed E-state index contributed by atoms with van der Waals surface area (Å²) in [6.07, 6.45) is 2.76. The van der Waals surface area contributed by atoms with Crippen molar-refractivity contribution < 1.29 is 9.53 Å². The topological polar surface area (TPSA) is 38.3 Å². The van der Waals surface area contributed by atoms with Gasteiger partial charge in [0.05, 0.1) is 0 Å². The predicted octanol–water partition coefficient (Wildman–Crippen LogP) is 1.93. The van der Waals surface area contributed by atoms with Crippen LogP contribution in [0.5, 0.6) is 5.75 Å². The number of ether oxygens (including phenoxy) is 1. The van der Waals surface area contributed by atoms with Crippen LogP contribution < -0.4 is 10.1 Å². The molecule has 1 fully saturated rings. The first-order valence-electron chi connectivity index (χ1n) is 5.76. The lowest BCUT2D eigenvalue weighted by Crippen LogP contribution is -2.54. The molecule has 0 saturated heterocycles. The average molecular weight is 217 g/mol. The minimum absolute atomic E-state index is 0.0487. The van der Waals surface area contributed by atoms with Gasteiger partial charge in [0.2, 0.25) is 0 Å². The molecule has 1 N–H and O–H groups in total. The molecule has 1 aromatic carbocycles. The third kappa shape index (κ3) is 1.31. The summed E-state index contributed by atoms with van der Waals surface area (Å²) in [6.45, 7) is 2.62. The number of carbonyl (C=O) groups excluding carboxylic acids is 1. The maximum atomic E-state index is 11.9. The van der Waals surface area contributed by atoms with E-state index in [0.29, 0.717) is 6.54 Å². The Morgan fingerprint density at radius 1 is 1.38 bits per heavy atom. The van der Waals surface area contributed by atoms with E-state index in [1.54, 1.807) is 0 Å². The molecule has 1 spiro atoms. The van der Waals surface area contributed by atoms with Crippen molar-refractivity contribution in [3.05, 3.63) is 29.3 Å². The zero-order valence-corrected chi connectivity index (χ0v) is 9.38. The molecule has 1 aliphatic carbocycles. The fraction of sp³-hybridized carbons (Fsp3) is 0.462. The molecular formula is C13H15NO2. The van der Waals surface area contributed by atoms with Crippen LogP contribution in [0.25, 0.3) is 0 Å². The van der Waals surface area contributed by atoms with Crippen molar-refractivity contribution in [3.8, 4) is 5.75 Å². The molecule has 0 atom stereocenters. The molecule has 0 radical (unpaired) electrons. The Labute approximate surface area is 94.8 Å². The van der Waals surface area contributed by atoms with Crippen LogP contribution in [0, 0.1) is 6.92 Å². The summed E-state index contributed by atoms with van der Waals surface area (Å²) >= 11 is 0. The molecule has 1 aliphatic heterocycles. The Morgan fingerprint density at radius 3 is 2.88 bits per heavy atom. The van der Waals surface area contributed by atoms with Crippen LogP contribution in [0.15, 0.2) is 18.2 Å². The highest BCUT2D eigenvalue weighted by Gasteiger charge is 2.48. The van der Waals surface area contributed by atoms with Crippen LogP contribution >= 0.6 is 0 Å². The number of nitrogens with one attached hydrogen (secondary N) is 1. The molecule has 2 aliphatic rings. The van der Waals surface area contributed by atoms with E-state index >= 15 is 0 Å². The first-order chi connectivity index (χ1) is 7.70. The second kappa shape index (κ2) is 3.24. The lowest BCUT2D eigenvalue weighted by molar-refractivity contribution is -0.143. The molecule has 1 amide bonds. The summed E-state index contributed by atoms with van der Waals surface area (Å²) in [5.74, 6) is 0.922. The Balaban J connectivity index is 2.02. The third-order valence-corrected chi connectivity index (χ3v) is 3.54. The molecule has 0 bridgehead atoms. The van der Waals surface area contributed by atoms with Crippen LogP contribution in [0.1, 0.15) is 30.4 Å². The van der Waals surface area contributed by atoms with E-state index in [1.807, 2.05) is 25.1 Å². The van der Waals surface area contributed by atoms with Gasteiger partial charge in [0.25, 0.3) is 5.91 Å². The molecule has 3 rings (SSSR count). The molecule has 1 aromatic rings. The lowest BCUT2D eigenvalue weighted by Gasteiger charge is -2.38. The Morgan fingerprint density at radius 2 is 2.19 bits per heavy atom. The molecular weight excluding hydrogens is 202 g/mol. The van der Waals surface area contributed by atoms with E-state index in [9.17, 15) is 4.79 Å². The van der Waals surface area contributed by atoms with Crippen LogP contribution in [0.3, 0.4) is 0 Å². The highest BCUT2D eigenvalue weighted by Crippen LogP contribution is 2.39. The van der Waals surface area contributed by atoms with Crippen molar-refractivity contribution in [2.75, 3.05) is 0 Å². The predicted molar refractivity (Wildman–Crippen MR) is 60.2 cm³/mol. The fourth-order valence-corrected chi connectivity index (χ4v) is 2.32. The quantitative estimate of drug-likeness (QED) is 0.721. The van der Waals surface area contributed by atoms with Crippen molar-refractivity contribution >= 4 is 5.91 Å². The molecule has 1 heterocycles. The average Bonchev–Trinajstić information content (AvgIpc) is 2.35. The molecule has 0 aromatic heterocycles. The fourth-order valence-electron chi connectivity index (χ4n) is 2.32. The van der Waals surface area contributed by atoms with Gasteiger partial charge in [-0.25, -0.2) is 0 Å². The summed E-state index contributed by atoms with van der Waals surface area (Å²) in [7, 11) is 0. The second-order valence-electron chi connectivity index (χ2n) is 4.74. The van der Waals surface area contributed by atoms with Crippen LogP contribution in [-0.2, 0) is 11.3 Å². The van der Waals surface area contributed by atoms with E-state index in [2.05, 4.69) is 5.32 Å². The van der Waals surface area contributed by atoms with Gasteiger partial charge in [-0.1, -0.05) is 12.1 Å². The summed E-state index contributed by atoms with van der Waals surface area (Å²) in [5, 5.41) is 2.95. The smallest absolute Gasteiger partial charge is 0.264 e. The van der Waals surface area contributed by atoms with Gasteiger partial charge in [-0.3, -0.25) is 4.79 Å². The van der Waals surface area contributed by atoms with E-state index in [4.69, 9.17) is 4.74 Å². The maximum Gasteiger partial charge on any atom is 0.264 e. The van der Waals surface area contributed by atoms with E-state index in [0.717, 1.165) is 30.6 Å². The molecule has 16 heavy (non-hydrogen) atoms. The summed E-state index contributed by atoms with van der Waals surface area (Å²) in [4.78, 5) is 11.9. The van der Waals surface area contributed by atoms with E-state index in [-0.39, 0.29) is 5.91 Å². The number of hydrogen-bond acceptors (Lipinski definition) is 2. The normalized spacial score (nSPS) is 21.4. The maximum absolute atomic E-state index is 11.9. The highest BCUT2D eigenvalue weighted by atomic mass is 16.5. The van der Waals surface area contributed by atoms with Gasteiger partial charge in [0.15, 0.2) is 5.60 Å². The minimum Gasteiger partial charge on any atom is -0.477 e. The van der Waals surface area contributed by atoms with E-state index in [1.165, 1.54) is 5.56 Å². The summed E-state index contributed by atoms with van der Waals surface area (Å²) < 4.78 is 5.96. The van der Waals surface area contributed by atoms with Crippen molar-refractivity contribution in [1.29, 1.82) is 0 Å². The van der Waals surface area contributed by atoms with E-state index < -0.39 is 5.60 Å². The van der Waals surface area contributed by atoms with Gasteiger partial charge in [0.1, 0.15) is 5.75 Å². The summed E-state index contributed by atoms with van der Waals surface area (Å²) in [5.41, 5.74) is 1.67. The lowest BCUT2D eigenvalue weighted by atomic mass is 9.79. The van der Waals surface area contributed by atoms with Crippen LogP contribution in [0.4, 0.5) is 0 Å². The van der Waals surface area contributed by atoms with Gasteiger partial charge in [-0.2, -0.15) is 0 Å². The number of benzene rings is 1. The number of rotatable bonds is 0. The molecule has 0 unspecified atom stereocenters. The van der Waals surface area contributed by atoms with Crippen LogP contribution in [-0.4, -0.2) is 11.5 Å². The van der Waals surface area contributed by atoms with Gasteiger partial charge in [-0.15, -0.1) is 0 Å². The Hall–Kier alpha value is -1.51. The first kappa shape index (κ1) is 9.70. The molecule has 84 valence electrons. The number of carbonyl (C=O) groups is 1. The molecule has 3 heteroatoms. The largest absolute Gasteiger partial charge is 0.477 e. The Kier molecular flexibility index (Phi) is 1.96. The van der Waals surface area contributed by atoms with Crippen LogP contribution in [0.2, 0.25) is 0 Å². The number of aryl methyl sites for hydroxylation is 1. The van der Waals surface area contributed by atoms with Gasteiger partial charge in [-0.05, 0) is 37.8 Å². The van der Waals surface area contributed by atoms with Gasteiger partial charge >= 0.3 is 0 Å². The highest BCUT2D eigenvalue weighted by molar-refractivity contribution is 5.87. The van der Waals surface area contributed by atoms with Crippen molar-refractivity contribution in [2.45, 2.75) is 38.3 Å². The Bertz CT molecular complexity index is 449.